The molecule has 1 aliphatic rings. The van der Waals surface area contributed by atoms with Crippen molar-refractivity contribution in [2.24, 2.45) is 5.92 Å². The number of rotatable bonds is 5. The fourth-order valence-electron chi connectivity index (χ4n) is 3.50. The standard InChI is InChI=1S/C21H22N4O3/c26-20(17-6-2-10-24(15-17)21(27)19-8-3-12-28-19)23-18-7-1-5-16(13-18)14-25-11-4-9-22-25/h1,3-5,7-9,11-13,17H,2,6,10,14-15H2,(H,23,26). The number of carbonyl (C=O) groups is 2. The predicted molar refractivity (Wildman–Crippen MR) is 104 cm³/mol. The highest BCUT2D eigenvalue weighted by molar-refractivity contribution is 5.95. The summed E-state index contributed by atoms with van der Waals surface area (Å²) in [5, 5.41) is 7.20. The van der Waals surface area contributed by atoms with Gasteiger partial charge in [0.15, 0.2) is 5.76 Å². The summed E-state index contributed by atoms with van der Waals surface area (Å²) in [6, 6.07) is 13.0. The molecule has 7 heteroatoms. The van der Waals surface area contributed by atoms with Crippen LogP contribution in [0.3, 0.4) is 0 Å². The molecule has 0 saturated carbocycles. The van der Waals surface area contributed by atoms with E-state index in [0.29, 0.717) is 25.4 Å². The lowest BCUT2D eigenvalue weighted by Gasteiger charge is -2.31. The quantitative estimate of drug-likeness (QED) is 0.740. The average molecular weight is 378 g/mol. The molecular formula is C21H22N4O3. The number of nitrogens with zero attached hydrogens (tertiary/aromatic N) is 3. The highest BCUT2D eigenvalue weighted by atomic mass is 16.3. The molecule has 1 aromatic carbocycles. The summed E-state index contributed by atoms with van der Waals surface area (Å²) in [7, 11) is 0. The molecule has 0 bridgehead atoms. The van der Waals surface area contributed by atoms with E-state index in [-0.39, 0.29) is 17.7 Å². The first-order valence-corrected chi connectivity index (χ1v) is 9.39. The van der Waals surface area contributed by atoms with E-state index >= 15 is 0 Å². The van der Waals surface area contributed by atoms with Gasteiger partial charge in [0.05, 0.1) is 18.7 Å². The monoisotopic (exact) mass is 378 g/mol. The molecular weight excluding hydrogens is 356 g/mol. The van der Waals surface area contributed by atoms with Crippen molar-refractivity contribution in [1.29, 1.82) is 0 Å². The van der Waals surface area contributed by atoms with E-state index in [1.807, 2.05) is 41.2 Å². The fourth-order valence-corrected chi connectivity index (χ4v) is 3.50. The van der Waals surface area contributed by atoms with Crippen molar-refractivity contribution in [3.8, 4) is 0 Å². The molecule has 2 aromatic heterocycles. The molecule has 2 amide bonds. The van der Waals surface area contributed by atoms with E-state index in [4.69, 9.17) is 4.42 Å². The zero-order valence-corrected chi connectivity index (χ0v) is 15.5. The van der Waals surface area contributed by atoms with Crippen molar-refractivity contribution < 1.29 is 14.0 Å². The second-order valence-electron chi connectivity index (χ2n) is 6.96. The predicted octanol–water partition coefficient (Wildman–Crippen LogP) is 3.02. The highest BCUT2D eigenvalue weighted by Gasteiger charge is 2.29. The molecule has 0 radical (unpaired) electrons. The van der Waals surface area contributed by atoms with Crippen molar-refractivity contribution >= 4 is 17.5 Å². The van der Waals surface area contributed by atoms with Gasteiger partial charge in [0.2, 0.25) is 5.91 Å². The Hall–Kier alpha value is -3.35. The zero-order chi connectivity index (χ0) is 19.3. The molecule has 7 nitrogen and oxygen atoms in total. The summed E-state index contributed by atoms with van der Waals surface area (Å²) in [5.41, 5.74) is 1.81. The molecule has 0 aliphatic carbocycles. The molecule has 0 spiro atoms. The largest absolute Gasteiger partial charge is 0.459 e. The third-order valence-corrected chi connectivity index (χ3v) is 4.91. The van der Waals surface area contributed by atoms with Gasteiger partial charge < -0.3 is 14.6 Å². The maximum Gasteiger partial charge on any atom is 0.289 e. The summed E-state index contributed by atoms with van der Waals surface area (Å²) >= 11 is 0. The van der Waals surface area contributed by atoms with E-state index in [9.17, 15) is 9.59 Å². The van der Waals surface area contributed by atoms with Crippen LogP contribution in [0.1, 0.15) is 29.0 Å². The van der Waals surface area contributed by atoms with Gasteiger partial charge in [0.1, 0.15) is 0 Å². The maximum absolute atomic E-state index is 12.8. The summed E-state index contributed by atoms with van der Waals surface area (Å²) in [5.74, 6) is -0.147. The van der Waals surface area contributed by atoms with Crippen molar-refractivity contribution in [2.45, 2.75) is 19.4 Å². The number of aromatic nitrogens is 2. The molecule has 1 atom stereocenters. The molecule has 1 N–H and O–H groups in total. The van der Waals surface area contributed by atoms with Gasteiger partial charge in [-0.1, -0.05) is 12.1 Å². The Bertz CT molecular complexity index is 934. The summed E-state index contributed by atoms with van der Waals surface area (Å²) in [6.45, 7) is 1.69. The van der Waals surface area contributed by atoms with Crippen LogP contribution in [-0.4, -0.2) is 39.6 Å². The summed E-state index contributed by atoms with van der Waals surface area (Å²) in [6.07, 6.45) is 6.69. The third-order valence-electron chi connectivity index (χ3n) is 4.91. The van der Waals surface area contributed by atoms with Crippen molar-refractivity contribution in [1.82, 2.24) is 14.7 Å². The molecule has 1 unspecified atom stereocenters. The molecule has 3 aromatic rings. The van der Waals surface area contributed by atoms with Crippen LogP contribution in [0.5, 0.6) is 0 Å². The van der Waals surface area contributed by atoms with E-state index in [2.05, 4.69) is 10.4 Å². The normalized spacial score (nSPS) is 16.7. The molecule has 3 heterocycles. The minimum atomic E-state index is -0.234. The number of furan rings is 1. The van der Waals surface area contributed by atoms with E-state index in [1.54, 1.807) is 23.2 Å². The summed E-state index contributed by atoms with van der Waals surface area (Å²) in [4.78, 5) is 26.9. The molecule has 28 heavy (non-hydrogen) atoms. The third kappa shape index (κ3) is 4.14. The number of piperidine rings is 1. The van der Waals surface area contributed by atoms with Crippen LogP contribution >= 0.6 is 0 Å². The Kier molecular flexibility index (Phi) is 5.23. The van der Waals surface area contributed by atoms with Gasteiger partial charge in [-0.25, -0.2) is 0 Å². The molecule has 1 fully saturated rings. The van der Waals surface area contributed by atoms with Crippen LogP contribution in [0.2, 0.25) is 0 Å². The lowest BCUT2D eigenvalue weighted by atomic mass is 9.96. The Morgan fingerprint density at radius 3 is 2.93 bits per heavy atom. The van der Waals surface area contributed by atoms with E-state index in [1.165, 1.54) is 6.26 Å². The zero-order valence-electron chi connectivity index (χ0n) is 15.5. The molecule has 1 aliphatic heterocycles. The van der Waals surface area contributed by atoms with Crippen LogP contribution in [0.25, 0.3) is 0 Å². The van der Waals surface area contributed by atoms with Crippen LogP contribution < -0.4 is 5.32 Å². The number of hydrogen-bond donors (Lipinski definition) is 1. The van der Waals surface area contributed by atoms with Crippen LogP contribution in [-0.2, 0) is 11.3 Å². The number of amides is 2. The SMILES string of the molecule is O=C(Nc1cccc(Cn2cccn2)c1)C1CCCN(C(=O)c2ccco2)C1. The molecule has 1 saturated heterocycles. The van der Waals surface area contributed by atoms with Crippen LogP contribution in [0, 0.1) is 5.92 Å². The van der Waals surface area contributed by atoms with Gasteiger partial charge in [-0.05, 0) is 48.7 Å². The number of carbonyl (C=O) groups excluding carboxylic acids is 2. The first-order chi connectivity index (χ1) is 13.7. The first-order valence-electron chi connectivity index (χ1n) is 9.39. The first kappa shape index (κ1) is 18.0. The number of anilines is 1. The van der Waals surface area contributed by atoms with Crippen LogP contribution in [0.4, 0.5) is 5.69 Å². The van der Waals surface area contributed by atoms with Gasteiger partial charge in [0.25, 0.3) is 5.91 Å². The second-order valence-corrected chi connectivity index (χ2v) is 6.96. The van der Waals surface area contributed by atoms with Gasteiger partial charge in [0, 0.05) is 31.2 Å². The van der Waals surface area contributed by atoms with E-state index in [0.717, 1.165) is 24.1 Å². The minimum Gasteiger partial charge on any atom is -0.459 e. The molecule has 144 valence electrons. The summed E-state index contributed by atoms with van der Waals surface area (Å²) < 4.78 is 7.03. The van der Waals surface area contributed by atoms with Gasteiger partial charge in [-0.3, -0.25) is 14.3 Å². The Balaban J connectivity index is 1.38. The molecule has 4 rings (SSSR count). The topological polar surface area (TPSA) is 80.4 Å². The lowest BCUT2D eigenvalue weighted by Crippen LogP contribution is -2.43. The lowest BCUT2D eigenvalue weighted by molar-refractivity contribution is -0.121. The van der Waals surface area contributed by atoms with E-state index < -0.39 is 0 Å². The number of hydrogen-bond acceptors (Lipinski definition) is 4. The van der Waals surface area contributed by atoms with Gasteiger partial charge in [-0.2, -0.15) is 5.10 Å². The Morgan fingerprint density at radius 1 is 1.21 bits per heavy atom. The van der Waals surface area contributed by atoms with Gasteiger partial charge >= 0.3 is 0 Å². The number of benzene rings is 1. The highest BCUT2D eigenvalue weighted by Crippen LogP contribution is 2.21. The smallest absolute Gasteiger partial charge is 0.289 e. The van der Waals surface area contributed by atoms with Crippen molar-refractivity contribution in [2.75, 3.05) is 18.4 Å². The van der Waals surface area contributed by atoms with Crippen molar-refractivity contribution in [3.05, 3.63) is 72.4 Å². The Labute approximate surface area is 162 Å². The Morgan fingerprint density at radius 2 is 2.14 bits per heavy atom. The second kappa shape index (κ2) is 8.12. The fraction of sp³-hybridized carbons (Fsp3) is 0.286. The minimum absolute atomic E-state index is 0.0619. The number of likely N-dealkylation sites (tertiary alicyclic amines) is 1. The maximum atomic E-state index is 12.8. The van der Waals surface area contributed by atoms with Crippen LogP contribution in [0.15, 0.2) is 65.5 Å². The van der Waals surface area contributed by atoms with Gasteiger partial charge in [-0.15, -0.1) is 0 Å². The number of nitrogens with one attached hydrogen (secondary N) is 1. The van der Waals surface area contributed by atoms with Crippen molar-refractivity contribution in [3.63, 3.8) is 0 Å². The average Bonchev–Trinajstić information content (AvgIpc) is 3.42.